The third kappa shape index (κ3) is 14500. The topological polar surface area (TPSA) is 82.7 Å². The molecule has 0 heterocycles. The molecule has 0 aromatic carbocycles. The third-order valence-electron chi connectivity index (χ3n) is 0. The monoisotopic (exact) mass is 211 g/mol. The lowest BCUT2D eigenvalue weighted by atomic mass is 10.9. The SMILES string of the molecule is CC=N.CC=N.Cl.Cl.Cl.N. The summed E-state index contributed by atoms with van der Waals surface area (Å²) >= 11 is 0. The van der Waals surface area contributed by atoms with Gasteiger partial charge in [0, 0.05) is 0 Å². The molecule has 0 rings (SSSR count). The largest absolute Gasteiger partial charge is 0.344 e. The average molecular weight is 213 g/mol. The normalized spacial score (nSPS) is 2.60. The molecule has 0 atom stereocenters. The molecule has 5 N–H and O–H groups in total. The molecule has 0 aliphatic rings. The van der Waals surface area contributed by atoms with Crippen molar-refractivity contribution in [3.8, 4) is 0 Å². The first-order chi connectivity index (χ1) is 2.83. The van der Waals surface area contributed by atoms with Crippen LogP contribution in [0, 0.1) is 10.8 Å². The fraction of sp³-hybridized carbons (Fsp3) is 0.500. The number of halogens is 3. The first-order valence-electron chi connectivity index (χ1n) is 1.73. The first kappa shape index (κ1) is 49.2. The van der Waals surface area contributed by atoms with Gasteiger partial charge in [-0.15, -0.1) is 37.2 Å². The van der Waals surface area contributed by atoms with E-state index in [2.05, 4.69) is 0 Å². The summed E-state index contributed by atoms with van der Waals surface area (Å²) in [6.45, 7) is 3.33. The minimum Gasteiger partial charge on any atom is -0.344 e. The second-order valence-corrected chi connectivity index (χ2v) is 0.577. The molecule has 10 heavy (non-hydrogen) atoms. The molecule has 0 spiro atoms. The molecule has 68 valence electrons. The predicted molar refractivity (Wildman–Crippen MR) is 55.7 cm³/mol. The van der Waals surface area contributed by atoms with E-state index in [9.17, 15) is 0 Å². The maximum Gasteiger partial charge on any atom is -0.00788 e. The third-order valence-corrected chi connectivity index (χ3v) is 0. The molecule has 3 nitrogen and oxygen atoms in total. The first-order valence-corrected chi connectivity index (χ1v) is 1.73. The van der Waals surface area contributed by atoms with Crippen LogP contribution in [0.2, 0.25) is 0 Å². The summed E-state index contributed by atoms with van der Waals surface area (Å²) in [6, 6.07) is 0. The molecule has 0 aliphatic heterocycles. The summed E-state index contributed by atoms with van der Waals surface area (Å²) in [6.07, 6.45) is 2.50. The van der Waals surface area contributed by atoms with Gasteiger partial charge in [0.15, 0.2) is 0 Å². The molecule has 0 aromatic rings. The van der Waals surface area contributed by atoms with Crippen molar-refractivity contribution in [2.24, 2.45) is 0 Å². The van der Waals surface area contributed by atoms with Crippen LogP contribution in [0.4, 0.5) is 0 Å². The fourth-order valence-corrected chi connectivity index (χ4v) is 0. The van der Waals surface area contributed by atoms with Gasteiger partial charge in [-0.1, -0.05) is 0 Å². The minimum absolute atomic E-state index is 0. The van der Waals surface area contributed by atoms with Gasteiger partial charge in [0.2, 0.25) is 0 Å². The van der Waals surface area contributed by atoms with Crippen LogP contribution in [-0.4, -0.2) is 12.4 Å². The smallest absolute Gasteiger partial charge is 0.00788 e. The Labute approximate surface area is 80.8 Å². The highest BCUT2D eigenvalue weighted by atomic mass is 35.5. The minimum atomic E-state index is 0. The predicted octanol–water partition coefficient (Wildman–Crippen LogP) is 2.74. The van der Waals surface area contributed by atoms with E-state index >= 15 is 0 Å². The number of nitrogens with one attached hydrogen (secondary N) is 2. The lowest BCUT2D eigenvalue weighted by molar-refractivity contribution is 1.55. The van der Waals surface area contributed by atoms with Gasteiger partial charge in [-0.3, -0.25) is 0 Å². The van der Waals surface area contributed by atoms with Crippen LogP contribution in [0.1, 0.15) is 13.8 Å². The molecule has 0 saturated carbocycles. The number of hydrogen-bond donors (Lipinski definition) is 3. The van der Waals surface area contributed by atoms with Crippen molar-refractivity contribution in [2.45, 2.75) is 13.8 Å². The molecule has 0 saturated heterocycles. The van der Waals surface area contributed by atoms with Gasteiger partial charge < -0.3 is 17.0 Å². The van der Waals surface area contributed by atoms with Gasteiger partial charge in [-0.2, -0.15) is 0 Å². The zero-order valence-electron chi connectivity index (χ0n) is 6.09. The van der Waals surface area contributed by atoms with Crippen molar-refractivity contribution < 1.29 is 0 Å². The van der Waals surface area contributed by atoms with Crippen LogP contribution in [0.3, 0.4) is 0 Å². The Balaban J connectivity index is -0.00000000571. The highest BCUT2D eigenvalue weighted by Crippen LogP contribution is 1.17. The molecule has 6 heteroatoms. The second kappa shape index (κ2) is 130. The van der Waals surface area contributed by atoms with Crippen LogP contribution >= 0.6 is 37.2 Å². The summed E-state index contributed by atoms with van der Waals surface area (Å²) < 4.78 is 0. The highest BCUT2D eigenvalue weighted by molar-refractivity contribution is 5.86. The van der Waals surface area contributed by atoms with Crippen molar-refractivity contribution in [1.82, 2.24) is 6.15 Å². The van der Waals surface area contributed by atoms with E-state index in [1.54, 1.807) is 13.8 Å². The van der Waals surface area contributed by atoms with Gasteiger partial charge in [0.25, 0.3) is 0 Å². The van der Waals surface area contributed by atoms with E-state index in [4.69, 9.17) is 10.8 Å². The Morgan fingerprint density at radius 1 is 0.800 bits per heavy atom. The molecule has 0 bridgehead atoms. The second-order valence-electron chi connectivity index (χ2n) is 0.577. The van der Waals surface area contributed by atoms with Crippen molar-refractivity contribution >= 4 is 49.7 Å². The fourth-order valence-electron chi connectivity index (χ4n) is 0. The Morgan fingerprint density at radius 2 is 0.800 bits per heavy atom. The highest BCUT2D eigenvalue weighted by Gasteiger charge is 1.17. The van der Waals surface area contributed by atoms with E-state index in [0.717, 1.165) is 0 Å². The Hall–Kier alpha value is 0.170. The van der Waals surface area contributed by atoms with Crippen molar-refractivity contribution in [2.75, 3.05) is 0 Å². The molecule has 0 aliphatic carbocycles. The summed E-state index contributed by atoms with van der Waals surface area (Å²) in [5.74, 6) is 0. The molecule has 0 unspecified atom stereocenters. The van der Waals surface area contributed by atoms with Gasteiger partial charge in [0.1, 0.15) is 0 Å². The van der Waals surface area contributed by atoms with Gasteiger partial charge in [0.05, 0.1) is 0 Å². The van der Waals surface area contributed by atoms with Crippen molar-refractivity contribution in [1.29, 1.82) is 10.8 Å². The van der Waals surface area contributed by atoms with Crippen molar-refractivity contribution in [3.05, 3.63) is 0 Å². The van der Waals surface area contributed by atoms with Crippen molar-refractivity contribution in [3.63, 3.8) is 0 Å². The summed E-state index contributed by atoms with van der Waals surface area (Å²) in [4.78, 5) is 0. The Bertz CT molecular complexity index is 36.7. The van der Waals surface area contributed by atoms with Crippen LogP contribution in [0.5, 0.6) is 0 Å². The molecule has 0 fully saturated rings. The maximum absolute atomic E-state index is 6.08. The standard InChI is InChI=1S/2C2H5N.3ClH.H3N/c2*1-2-3;;;;/h2*2-3H,1H3;3*1H;1H3. The number of rotatable bonds is 0. The van der Waals surface area contributed by atoms with Crippen LogP contribution in [0.25, 0.3) is 0 Å². The van der Waals surface area contributed by atoms with E-state index in [-0.39, 0.29) is 43.4 Å². The summed E-state index contributed by atoms with van der Waals surface area (Å²) in [5.41, 5.74) is 0. The quantitative estimate of drug-likeness (QED) is 0.530. The van der Waals surface area contributed by atoms with Gasteiger partial charge in [-0.25, -0.2) is 0 Å². The lowest BCUT2D eigenvalue weighted by Crippen LogP contribution is -1.32. The van der Waals surface area contributed by atoms with E-state index in [0.29, 0.717) is 0 Å². The Morgan fingerprint density at radius 3 is 0.800 bits per heavy atom. The van der Waals surface area contributed by atoms with E-state index in [1.807, 2.05) is 0 Å². The molecular formula is C4H16Cl3N3. The number of hydrogen-bond acceptors (Lipinski definition) is 3. The summed E-state index contributed by atoms with van der Waals surface area (Å²) in [7, 11) is 0. The van der Waals surface area contributed by atoms with E-state index < -0.39 is 0 Å². The van der Waals surface area contributed by atoms with Gasteiger partial charge in [-0.05, 0) is 26.3 Å². The van der Waals surface area contributed by atoms with Crippen LogP contribution in [0.15, 0.2) is 0 Å². The van der Waals surface area contributed by atoms with Crippen LogP contribution in [-0.2, 0) is 0 Å². The molecule has 0 radical (unpaired) electrons. The zero-order chi connectivity index (χ0) is 5.41. The molecule has 0 amide bonds. The van der Waals surface area contributed by atoms with Crippen LogP contribution < -0.4 is 6.15 Å². The van der Waals surface area contributed by atoms with E-state index in [1.165, 1.54) is 12.4 Å². The average Bonchev–Trinajstić information content (AvgIpc) is 1.39. The molecular weight excluding hydrogens is 196 g/mol. The van der Waals surface area contributed by atoms with Gasteiger partial charge >= 0.3 is 0 Å². The lowest BCUT2D eigenvalue weighted by Gasteiger charge is -1.30. The summed E-state index contributed by atoms with van der Waals surface area (Å²) in [5, 5.41) is 12.2. The molecule has 0 aromatic heterocycles. The zero-order valence-corrected chi connectivity index (χ0v) is 8.54. The maximum atomic E-state index is 6.08. The Kier molecular flexibility index (Phi) is 639.